The van der Waals surface area contributed by atoms with Gasteiger partial charge in [-0.05, 0) is 49.6 Å². The number of ether oxygens (including phenoxy) is 1. The van der Waals surface area contributed by atoms with Gasteiger partial charge in [0.25, 0.3) is 5.69 Å². The van der Waals surface area contributed by atoms with Gasteiger partial charge in [-0.2, -0.15) is 0 Å². The summed E-state index contributed by atoms with van der Waals surface area (Å²) in [4.78, 5) is 14.3. The number of halogens is 2. The molecule has 0 saturated heterocycles. The Bertz CT molecular complexity index is 620. The van der Waals surface area contributed by atoms with Gasteiger partial charge in [-0.25, -0.2) is 0 Å². The number of nitro groups is 1. The molecule has 0 unspecified atom stereocenters. The number of pyridine rings is 1. The summed E-state index contributed by atoms with van der Waals surface area (Å²) in [6.07, 6.45) is 3.23. The molecule has 0 aliphatic rings. The standard InChI is InChI=1S/C12H8Br2N2O3/c13-9-4-10(6-15-5-9)19-7-8-1-2-11(14)12(3-8)16(17)18/h1-6H,7H2. The van der Waals surface area contributed by atoms with E-state index in [2.05, 4.69) is 36.8 Å². The Kier molecular flexibility index (Phi) is 4.49. The quantitative estimate of drug-likeness (QED) is 0.585. The first-order valence-electron chi connectivity index (χ1n) is 5.22. The van der Waals surface area contributed by atoms with Gasteiger partial charge < -0.3 is 4.74 Å². The predicted molar refractivity (Wildman–Crippen MR) is 77.1 cm³/mol. The summed E-state index contributed by atoms with van der Waals surface area (Å²) in [5.74, 6) is 0.597. The summed E-state index contributed by atoms with van der Waals surface area (Å²) in [6, 6.07) is 6.66. The van der Waals surface area contributed by atoms with Gasteiger partial charge in [-0.1, -0.05) is 6.07 Å². The number of aromatic nitrogens is 1. The minimum atomic E-state index is -0.436. The molecule has 0 N–H and O–H groups in total. The van der Waals surface area contributed by atoms with Crippen molar-refractivity contribution in [3.63, 3.8) is 0 Å². The molecule has 1 aromatic heterocycles. The highest BCUT2D eigenvalue weighted by molar-refractivity contribution is 9.10. The van der Waals surface area contributed by atoms with Crippen molar-refractivity contribution in [3.8, 4) is 5.75 Å². The summed E-state index contributed by atoms with van der Waals surface area (Å²) in [5, 5.41) is 10.8. The van der Waals surface area contributed by atoms with Crippen LogP contribution in [0.15, 0.2) is 45.6 Å². The normalized spacial score (nSPS) is 10.2. The highest BCUT2D eigenvalue weighted by Crippen LogP contribution is 2.26. The smallest absolute Gasteiger partial charge is 0.283 e. The van der Waals surface area contributed by atoms with Crippen molar-refractivity contribution < 1.29 is 9.66 Å². The lowest BCUT2D eigenvalue weighted by atomic mass is 10.2. The first-order valence-corrected chi connectivity index (χ1v) is 6.81. The molecule has 5 nitrogen and oxygen atoms in total. The van der Waals surface area contributed by atoms with Crippen molar-refractivity contribution >= 4 is 37.5 Å². The summed E-state index contributed by atoms with van der Waals surface area (Å²) < 4.78 is 6.78. The topological polar surface area (TPSA) is 65.3 Å². The lowest BCUT2D eigenvalue weighted by Crippen LogP contribution is -1.98. The fourth-order valence-electron chi connectivity index (χ4n) is 1.43. The number of hydrogen-bond donors (Lipinski definition) is 0. The van der Waals surface area contributed by atoms with Gasteiger partial charge in [-0.15, -0.1) is 0 Å². The average Bonchev–Trinajstić information content (AvgIpc) is 2.37. The zero-order valence-electron chi connectivity index (χ0n) is 9.55. The monoisotopic (exact) mass is 386 g/mol. The molecule has 2 aromatic rings. The fraction of sp³-hybridized carbons (Fsp3) is 0.0833. The van der Waals surface area contributed by atoms with Crippen LogP contribution in [0.5, 0.6) is 5.75 Å². The van der Waals surface area contributed by atoms with Crippen molar-refractivity contribution in [1.29, 1.82) is 0 Å². The van der Waals surface area contributed by atoms with E-state index < -0.39 is 4.92 Å². The lowest BCUT2D eigenvalue weighted by Gasteiger charge is -2.06. The number of rotatable bonds is 4. The van der Waals surface area contributed by atoms with Crippen LogP contribution in [0.3, 0.4) is 0 Å². The Balaban J connectivity index is 2.12. The molecule has 0 fully saturated rings. The van der Waals surface area contributed by atoms with E-state index in [9.17, 15) is 10.1 Å². The van der Waals surface area contributed by atoms with Crippen LogP contribution in [0.1, 0.15) is 5.56 Å². The minimum absolute atomic E-state index is 0.0217. The average molecular weight is 388 g/mol. The summed E-state index contributed by atoms with van der Waals surface area (Å²) in [5.41, 5.74) is 0.739. The Morgan fingerprint density at radius 1 is 1.26 bits per heavy atom. The van der Waals surface area contributed by atoms with Gasteiger partial charge in [0.1, 0.15) is 12.4 Å². The summed E-state index contributed by atoms with van der Waals surface area (Å²) in [6.45, 7) is 0.242. The molecule has 0 bridgehead atoms. The van der Waals surface area contributed by atoms with E-state index in [-0.39, 0.29) is 12.3 Å². The Morgan fingerprint density at radius 2 is 2.05 bits per heavy atom. The van der Waals surface area contributed by atoms with Crippen molar-refractivity contribution in [2.75, 3.05) is 0 Å². The first kappa shape index (κ1) is 14.0. The van der Waals surface area contributed by atoms with E-state index in [1.165, 1.54) is 6.07 Å². The third kappa shape index (κ3) is 3.74. The molecule has 0 radical (unpaired) electrons. The van der Waals surface area contributed by atoms with Crippen LogP contribution >= 0.6 is 31.9 Å². The zero-order chi connectivity index (χ0) is 13.8. The van der Waals surface area contributed by atoms with Gasteiger partial charge in [0.15, 0.2) is 0 Å². The first-order chi connectivity index (χ1) is 9.06. The van der Waals surface area contributed by atoms with Crippen LogP contribution in [-0.2, 0) is 6.61 Å². The molecule has 98 valence electrons. The Hall–Kier alpha value is -1.47. The molecular formula is C12H8Br2N2O3. The van der Waals surface area contributed by atoms with Crippen LogP contribution < -0.4 is 4.74 Å². The van der Waals surface area contributed by atoms with Gasteiger partial charge >= 0.3 is 0 Å². The fourth-order valence-corrected chi connectivity index (χ4v) is 2.16. The van der Waals surface area contributed by atoms with Gasteiger partial charge in [0.2, 0.25) is 0 Å². The van der Waals surface area contributed by atoms with E-state index in [0.29, 0.717) is 10.2 Å². The van der Waals surface area contributed by atoms with Crippen molar-refractivity contribution in [3.05, 3.63) is 61.3 Å². The second-order valence-corrected chi connectivity index (χ2v) is 5.44. The Morgan fingerprint density at radius 3 is 2.74 bits per heavy atom. The van der Waals surface area contributed by atoms with Crippen LogP contribution in [0.25, 0.3) is 0 Å². The van der Waals surface area contributed by atoms with Crippen LogP contribution in [-0.4, -0.2) is 9.91 Å². The summed E-state index contributed by atoms with van der Waals surface area (Å²) in [7, 11) is 0. The number of hydrogen-bond acceptors (Lipinski definition) is 4. The molecular weight excluding hydrogens is 380 g/mol. The molecule has 0 spiro atoms. The van der Waals surface area contributed by atoms with Crippen LogP contribution in [0.2, 0.25) is 0 Å². The van der Waals surface area contributed by atoms with Crippen LogP contribution in [0.4, 0.5) is 5.69 Å². The maximum Gasteiger partial charge on any atom is 0.283 e. The Labute approximate surface area is 126 Å². The van der Waals surface area contributed by atoms with E-state index >= 15 is 0 Å². The molecule has 0 amide bonds. The predicted octanol–water partition coefficient (Wildman–Crippen LogP) is 4.09. The van der Waals surface area contributed by atoms with E-state index in [1.54, 1.807) is 30.6 Å². The van der Waals surface area contributed by atoms with Gasteiger partial charge in [-0.3, -0.25) is 15.1 Å². The van der Waals surface area contributed by atoms with Crippen molar-refractivity contribution in [1.82, 2.24) is 4.98 Å². The third-order valence-electron chi connectivity index (χ3n) is 2.29. The largest absolute Gasteiger partial charge is 0.487 e. The van der Waals surface area contributed by atoms with Crippen LogP contribution in [0, 0.1) is 10.1 Å². The summed E-state index contributed by atoms with van der Waals surface area (Å²) >= 11 is 6.43. The van der Waals surface area contributed by atoms with Gasteiger partial charge in [0, 0.05) is 16.7 Å². The maximum absolute atomic E-state index is 10.8. The number of nitro benzene ring substituents is 1. The van der Waals surface area contributed by atoms with E-state index in [1.807, 2.05) is 0 Å². The molecule has 7 heteroatoms. The minimum Gasteiger partial charge on any atom is -0.487 e. The second-order valence-electron chi connectivity index (χ2n) is 3.67. The van der Waals surface area contributed by atoms with E-state index in [4.69, 9.17) is 4.74 Å². The molecule has 1 aromatic carbocycles. The molecule has 2 rings (SSSR count). The zero-order valence-corrected chi connectivity index (χ0v) is 12.7. The second kappa shape index (κ2) is 6.12. The highest BCUT2D eigenvalue weighted by atomic mass is 79.9. The third-order valence-corrected chi connectivity index (χ3v) is 3.40. The molecule has 0 saturated carbocycles. The van der Waals surface area contributed by atoms with E-state index in [0.717, 1.165) is 10.0 Å². The number of benzene rings is 1. The number of nitrogens with zero attached hydrogens (tertiary/aromatic N) is 2. The molecule has 0 atom stereocenters. The molecule has 1 heterocycles. The van der Waals surface area contributed by atoms with Crippen molar-refractivity contribution in [2.24, 2.45) is 0 Å². The lowest BCUT2D eigenvalue weighted by molar-refractivity contribution is -0.385. The van der Waals surface area contributed by atoms with Gasteiger partial charge in [0.05, 0.1) is 15.6 Å². The highest BCUT2D eigenvalue weighted by Gasteiger charge is 2.12. The SMILES string of the molecule is O=[N+]([O-])c1cc(COc2cncc(Br)c2)ccc1Br. The molecule has 19 heavy (non-hydrogen) atoms. The molecule has 0 aliphatic carbocycles. The molecule has 0 aliphatic heterocycles. The maximum atomic E-state index is 10.8. The van der Waals surface area contributed by atoms with Crippen molar-refractivity contribution in [2.45, 2.75) is 6.61 Å².